The van der Waals surface area contributed by atoms with Crippen LogP contribution in [0.25, 0.3) is 10.8 Å². The smallest absolute Gasteiger partial charge is 0.211 e. The van der Waals surface area contributed by atoms with Crippen molar-refractivity contribution >= 4 is 16.6 Å². The van der Waals surface area contributed by atoms with Gasteiger partial charge in [0.2, 0.25) is 5.79 Å². The molecule has 0 amide bonds. The first-order valence-electron chi connectivity index (χ1n) is 5.75. The van der Waals surface area contributed by atoms with E-state index in [1.807, 2.05) is 36.4 Å². The molecule has 1 unspecified atom stereocenters. The average molecular weight is 238 g/mol. The summed E-state index contributed by atoms with van der Waals surface area (Å²) in [6.45, 7) is 0. The predicted molar refractivity (Wildman–Crippen MR) is 73.7 cm³/mol. The minimum atomic E-state index is -0.983. The van der Waals surface area contributed by atoms with Gasteiger partial charge in [-0.2, -0.15) is 0 Å². The Hall–Kier alpha value is -2.33. The number of rotatable bonds is 1. The molecule has 4 heteroatoms. The first-order chi connectivity index (χ1) is 8.67. The average Bonchev–Trinajstić information content (AvgIpc) is 2.38. The number of nitrogens with two attached hydrogens (primary N) is 2. The monoisotopic (exact) mass is 238 g/mol. The van der Waals surface area contributed by atoms with E-state index in [2.05, 4.69) is 16.4 Å². The van der Waals surface area contributed by atoms with Crippen LogP contribution in [0.3, 0.4) is 0 Å². The predicted octanol–water partition coefficient (Wildman–Crippen LogP) is 1.38. The quantitative estimate of drug-likeness (QED) is 0.702. The Balaban J connectivity index is 2.12. The van der Waals surface area contributed by atoms with Gasteiger partial charge in [0.05, 0.1) is 0 Å². The summed E-state index contributed by atoms with van der Waals surface area (Å²) in [5, 5.41) is 5.34. The molecule has 90 valence electrons. The summed E-state index contributed by atoms with van der Waals surface area (Å²) in [6, 6.07) is 14.1. The summed E-state index contributed by atoms with van der Waals surface area (Å²) in [7, 11) is 0. The van der Waals surface area contributed by atoms with Gasteiger partial charge in [-0.3, -0.25) is 5.73 Å². The van der Waals surface area contributed by atoms with Gasteiger partial charge >= 0.3 is 0 Å². The molecule has 0 radical (unpaired) electrons. The molecule has 1 atom stereocenters. The first kappa shape index (κ1) is 10.8. The maximum atomic E-state index is 6.23. The molecule has 0 bridgehead atoms. The van der Waals surface area contributed by atoms with E-state index in [0.717, 1.165) is 10.9 Å². The van der Waals surface area contributed by atoms with Crippen molar-refractivity contribution in [3.8, 4) is 0 Å². The highest BCUT2D eigenvalue weighted by molar-refractivity contribution is 5.92. The van der Waals surface area contributed by atoms with Crippen molar-refractivity contribution in [3.63, 3.8) is 0 Å². The van der Waals surface area contributed by atoms with E-state index in [9.17, 15) is 0 Å². The summed E-state index contributed by atoms with van der Waals surface area (Å²) in [5.74, 6) is -0.563. The lowest BCUT2D eigenvalue weighted by Crippen LogP contribution is -2.49. The highest BCUT2D eigenvalue weighted by Crippen LogP contribution is 2.23. The van der Waals surface area contributed by atoms with Crippen LogP contribution >= 0.6 is 0 Å². The maximum Gasteiger partial charge on any atom is 0.211 e. The Morgan fingerprint density at radius 1 is 1.06 bits per heavy atom. The van der Waals surface area contributed by atoms with Crippen molar-refractivity contribution in [2.45, 2.75) is 5.79 Å². The zero-order valence-electron chi connectivity index (χ0n) is 9.80. The number of aliphatic imine (C=N–C) groups is 1. The summed E-state index contributed by atoms with van der Waals surface area (Å²) >= 11 is 0. The van der Waals surface area contributed by atoms with Gasteiger partial charge in [0.15, 0.2) is 0 Å². The third-order valence-electron chi connectivity index (χ3n) is 3.05. The van der Waals surface area contributed by atoms with E-state index in [1.54, 1.807) is 12.3 Å². The van der Waals surface area contributed by atoms with Gasteiger partial charge < -0.3 is 11.1 Å². The highest BCUT2D eigenvalue weighted by Gasteiger charge is 2.27. The van der Waals surface area contributed by atoms with E-state index in [-0.39, 0.29) is 0 Å². The van der Waals surface area contributed by atoms with Crippen LogP contribution in [0.1, 0.15) is 5.56 Å². The second-order valence-corrected chi connectivity index (χ2v) is 4.34. The molecule has 5 N–H and O–H groups in total. The number of amidine groups is 1. The molecule has 1 aliphatic heterocycles. The Kier molecular flexibility index (Phi) is 2.31. The van der Waals surface area contributed by atoms with E-state index in [1.165, 1.54) is 5.39 Å². The SMILES string of the molecule is NC1=NC(N)(c2ccc3ccccc3c2)NC=C1. The molecular weight excluding hydrogens is 224 g/mol. The van der Waals surface area contributed by atoms with Crippen LogP contribution in [-0.2, 0) is 5.79 Å². The van der Waals surface area contributed by atoms with Crippen molar-refractivity contribution in [1.82, 2.24) is 5.32 Å². The van der Waals surface area contributed by atoms with Crippen LogP contribution < -0.4 is 16.8 Å². The van der Waals surface area contributed by atoms with Crippen molar-refractivity contribution in [1.29, 1.82) is 0 Å². The number of benzene rings is 2. The van der Waals surface area contributed by atoms with Gasteiger partial charge in [0.25, 0.3) is 0 Å². The van der Waals surface area contributed by atoms with Gasteiger partial charge in [-0.1, -0.05) is 36.4 Å². The molecule has 2 aromatic carbocycles. The van der Waals surface area contributed by atoms with Crippen LogP contribution in [-0.4, -0.2) is 5.84 Å². The van der Waals surface area contributed by atoms with E-state index < -0.39 is 5.79 Å². The minimum Gasteiger partial charge on any atom is -0.384 e. The lowest BCUT2D eigenvalue weighted by atomic mass is 10.0. The molecule has 3 rings (SSSR count). The van der Waals surface area contributed by atoms with E-state index in [0.29, 0.717) is 5.84 Å². The molecule has 0 saturated heterocycles. The maximum absolute atomic E-state index is 6.23. The number of fused-ring (bicyclic) bond motifs is 1. The normalized spacial score (nSPS) is 22.6. The molecule has 18 heavy (non-hydrogen) atoms. The summed E-state index contributed by atoms with van der Waals surface area (Å²) in [5.41, 5.74) is 12.8. The Labute approximate surface area is 105 Å². The Morgan fingerprint density at radius 3 is 2.61 bits per heavy atom. The molecule has 1 aliphatic rings. The number of nitrogens with one attached hydrogen (secondary N) is 1. The van der Waals surface area contributed by atoms with Crippen LogP contribution in [0.2, 0.25) is 0 Å². The van der Waals surface area contributed by atoms with Gasteiger partial charge in [-0.05, 0) is 22.9 Å². The van der Waals surface area contributed by atoms with Crippen molar-refractivity contribution in [2.24, 2.45) is 16.5 Å². The Bertz CT molecular complexity index is 660. The summed E-state index contributed by atoms with van der Waals surface area (Å²) in [6.07, 6.45) is 3.41. The fraction of sp³-hybridized carbons (Fsp3) is 0.0714. The molecule has 1 heterocycles. The second-order valence-electron chi connectivity index (χ2n) is 4.34. The zero-order valence-corrected chi connectivity index (χ0v) is 9.80. The molecule has 0 aromatic heterocycles. The zero-order chi connectivity index (χ0) is 12.6. The largest absolute Gasteiger partial charge is 0.384 e. The molecule has 0 saturated carbocycles. The van der Waals surface area contributed by atoms with Crippen molar-refractivity contribution in [3.05, 3.63) is 60.3 Å². The second kappa shape index (κ2) is 3.85. The van der Waals surface area contributed by atoms with Gasteiger partial charge in [0.1, 0.15) is 5.84 Å². The molecule has 0 aliphatic carbocycles. The number of hydrogen-bond acceptors (Lipinski definition) is 4. The topological polar surface area (TPSA) is 76.4 Å². The van der Waals surface area contributed by atoms with Crippen molar-refractivity contribution in [2.75, 3.05) is 0 Å². The van der Waals surface area contributed by atoms with Gasteiger partial charge in [-0.25, -0.2) is 4.99 Å². The standard InChI is InChI=1S/C14H14N4/c15-13-7-8-17-14(16,18-13)12-6-5-10-3-1-2-4-11(10)9-12/h1-9,17H,16H2,(H2,15,18). The molecule has 0 fully saturated rings. The molecule has 0 spiro atoms. The van der Waals surface area contributed by atoms with Gasteiger partial charge in [-0.15, -0.1) is 0 Å². The fourth-order valence-electron chi connectivity index (χ4n) is 2.10. The fourth-order valence-corrected chi connectivity index (χ4v) is 2.10. The molecular formula is C14H14N4. The highest BCUT2D eigenvalue weighted by atomic mass is 15.3. The van der Waals surface area contributed by atoms with Crippen LogP contribution in [0.5, 0.6) is 0 Å². The van der Waals surface area contributed by atoms with E-state index >= 15 is 0 Å². The summed E-state index contributed by atoms with van der Waals surface area (Å²) < 4.78 is 0. The number of nitrogens with zero attached hydrogens (tertiary/aromatic N) is 1. The molecule has 2 aromatic rings. The lowest BCUT2D eigenvalue weighted by Gasteiger charge is -2.29. The third-order valence-corrected chi connectivity index (χ3v) is 3.05. The Morgan fingerprint density at radius 2 is 1.83 bits per heavy atom. The number of hydrogen-bond donors (Lipinski definition) is 3. The van der Waals surface area contributed by atoms with Crippen molar-refractivity contribution < 1.29 is 0 Å². The van der Waals surface area contributed by atoms with E-state index in [4.69, 9.17) is 11.5 Å². The summed E-state index contributed by atoms with van der Waals surface area (Å²) in [4.78, 5) is 4.27. The van der Waals surface area contributed by atoms with Gasteiger partial charge in [0, 0.05) is 11.8 Å². The minimum absolute atomic E-state index is 0.421. The first-order valence-corrected chi connectivity index (χ1v) is 5.75. The van der Waals surface area contributed by atoms with Crippen LogP contribution in [0.4, 0.5) is 0 Å². The lowest BCUT2D eigenvalue weighted by molar-refractivity contribution is 0.410. The van der Waals surface area contributed by atoms with Crippen LogP contribution in [0.15, 0.2) is 59.7 Å². The molecule has 4 nitrogen and oxygen atoms in total. The third kappa shape index (κ3) is 1.72. The van der Waals surface area contributed by atoms with Crippen LogP contribution in [0, 0.1) is 0 Å².